The summed E-state index contributed by atoms with van der Waals surface area (Å²) in [6, 6.07) is 4.04. The molecule has 0 unspecified atom stereocenters. The van der Waals surface area contributed by atoms with E-state index in [0.29, 0.717) is 5.95 Å². The maximum atomic E-state index is 5.35. The van der Waals surface area contributed by atoms with Crippen molar-refractivity contribution in [3.05, 3.63) is 32.6 Å². The van der Waals surface area contributed by atoms with E-state index in [1.807, 2.05) is 20.0 Å². The smallest absolute Gasteiger partial charge is 0.239 e. The zero-order valence-electron chi connectivity index (χ0n) is 10.1. The molecule has 0 spiro atoms. The molecule has 0 bridgehead atoms. The van der Waals surface area contributed by atoms with E-state index < -0.39 is 0 Å². The standard InChI is InChI=1S/C11H14BrN5S/c1-7-3-10(15-11(14-7)16-13)17(2)5-9-4-8(12)6-18-9/h3-4,6H,5,13H2,1-2H3,(H,14,15,16). The van der Waals surface area contributed by atoms with E-state index in [4.69, 9.17) is 5.84 Å². The quantitative estimate of drug-likeness (QED) is 0.667. The number of aryl methyl sites for hydroxylation is 1. The summed E-state index contributed by atoms with van der Waals surface area (Å²) in [4.78, 5) is 11.8. The van der Waals surface area contributed by atoms with E-state index in [1.54, 1.807) is 11.3 Å². The highest BCUT2D eigenvalue weighted by Crippen LogP contribution is 2.23. The lowest BCUT2D eigenvalue weighted by molar-refractivity contribution is 0.898. The van der Waals surface area contributed by atoms with Crippen LogP contribution in [0, 0.1) is 6.92 Å². The van der Waals surface area contributed by atoms with Crippen LogP contribution in [0.5, 0.6) is 0 Å². The maximum absolute atomic E-state index is 5.35. The SMILES string of the molecule is Cc1cc(N(C)Cc2cc(Br)cs2)nc(NN)n1. The number of nitrogens with two attached hydrogens (primary N) is 1. The highest BCUT2D eigenvalue weighted by Gasteiger charge is 2.08. The second-order valence-corrected chi connectivity index (χ2v) is 5.83. The van der Waals surface area contributed by atoms with Gasteiger partial charge in [-0.25, -0.2) is 10.8 Å². The lowest BCUT2D eigenvalue weighted by Gasteiger charge is -2.18. The maximum Gasteiger partial charge on any atom is 0.239 e. The minimum Gasteiger partial charge on any atom is -0.354 e. The summed E-state index contributed by atoms with van der Waals surface area (Å²) in [5.41, 5.74) is 3.36. The van der Waals surface area contributed by atoms with Crippen molar-refractivity contribution in [2.75, 3.05) is 17.4 Å². The molecule has 0 aliphatic carbocycles. The number of nitrogens with zero attached hydrogens (tertiary/aromatic N) is 3. The van der Waals surface area contributed by atoms with Crippen LogP contribution in [0.2, 0.25) is 0 Å². The predicted octanol–water partition coefficient (Wildman–Crippen LogP) is 2.53. The third-order valence-electron chi connectivity index (χ3n) is 2.38. The van der Waals surface area contributed by atoms with Crippen LogP contribution in [-0.2, 0) is 6.54 Å². The van der Waals surface area contributed by atoms with Crippen LogP contribution in [0.25, 0.3) is 0 Å². The summed E-state index contributed by atoms with van der Waals surface area (Å²) in [5, 5.41) is 2.07. The van der Waals surface area contributed by atoms with Crippen LogP contribution in [0.3, 0.4) is 0 Å². The second kappa shape index (κ2) is 5.64. The number of thiophene rings is 1. The van der Waals surface area contributed by atoms with Crippen LogP contribution in [0.1, 0.15) is 10.6 Å². The van der Waals surface area contributed by atoms with Crippen molar-refractivity contribution < 1.29 is 0 Å². The number of anilines is 2. The van der Waals surface area contributed by atoms with Crippen molar-refractivity contribution in [3.63, 3.8) is 0 Å². The van der Waals surface area contributed by atoms with Crippen LogP contribution < -0.4 is 16.2 Å². The summed E-state index contributed by atoms with van der Waals surface area (Å²) in [5.74, 6) is 6.63. The third kappa shape index (κ3) is 3.18. The van der Waals surface area contributed by atoms with Gasteiger partial charge < -0.3 is 4.90 Å². The zero-order valence-corrected chi connectivity index (χ0v) is 12.5. The molecule has 0 saturated heterocycles. The van der Waals surface area contributed by atoms with Gasteiger partial charge in [0.25, 0.3) is 0 Å². The number of rotatable bonds is 4. The summed E-state index contributed by atoms with van der Waals surface area (Å²) in [7, 11) is 2.00. The number of aromatic nitrogens is 2. The molecule has 2 rings (SSSR count). The molecule has 5 nitrogen and oxygen atoms in total. The normalized spacial score (nSPS) is 10.4. The molecule has 7 heteroatoms. The van der Waals surface area contributed by atoms with Gasteiger partial charge in [0.2, 0.25) is 5.95 Å². The summed E-state index contributed by atoms with van der Waals surface area (Å²) in [6.45, 7) is 2.72. The van der Waals surface area contributed by atoms with Gasteiger partial charge >= 0.3 is 0 Å². The molecule has 2 aromatic rings. The van der Waals surface area contributed by atoms with Gasteiger partial charge in [0, 0.05) is 33.5 Å². The first-order valence-corrected chi connectivity index (χ1v) is 7.02. The lowest BCUT2D eigenvalue weighted by Crippen LogP contribution is -2.19. The number of halogens is 1. The average molecular weight is 328 g/mol. The fraction of sp³-hybridized carbons (Fsp3) is 0.273. The molecule has 2 heterocycles. The van der Waals surface area contributed by atoms with Crippen molar-refractivity contribution in [1.29, 1.82) is 0 Å². The molecule has 0 amide bonds. The molecule has 96 valence electrons. The van der Waals surface area contributed by atoms with E-state index in [1.165, 1.54) is 4.88 Å². The Morgan fingerprint density at radius 2 is 2.22 bits per heavy atom. The largest absolute Gasteiger partial charge is 0.354 e. The highest BCUT2D eigenvalue weighted by molar-refractivity contribution is 9.10. The molecule has 0 fully saturated rings. The van der Waals surface area contributed by atoms with Crippen molar-refractivity contribution in [2.45, 2.75) is 13.5 Å². The summed E-state index contributed by atoms with van der Waals surface area (Å²) >= 11 is 5.17. The Hall–Kier alpha value is -1.18. The van der Waals surface area contributed by atoms with Gasteiger partial charge in [-0.05, 0) is 28.9 Å². The van der Waals surface area contributed by atoms with Crippen LogP contribution in [0.4, 0.5) is 11.8 Å². The van der Waals surface area contributed by atoms with Gasteiger partial charge in [-0.3, -0.25) is 5.43 Å². The average Bonchev–Trinajstić information content (AvgIpc) is 2.73. The Labute approximate surface area is 118 Å². The Kier molecular flexibility index (Phi) is 4.15. The molecule has 0 atom stereocenters. The van der Waals surface area contributed by atoms with Gasteiger partial charge in [-0.1, -0.05) is 0 Å². The van der Waals surface area contributed by atoms with Gasteiger partial charge in [0.15, 0.2) is 0 Å². The molecule has 0 radical (unpaired) electrons. The molecular formula is C11H14BrN5S. The molecule has 2 aromatic heterocycles. The predicted molar refractivity (Wildman–Crippen MR) is 78.7 cm³/mol. The van der Waals surface area contributed by atoms with Crippen molar-refractivity contribution in [1.82, 2.24) is 9.97 Å². The number of hydrogen-bond acceptors (Lipinski definition) is 6. The van der Waals surface area contributed by atoms with Crippen LogP contribution >= 0.6 is 27.3 Å². The van der Waals surface area contributed by atoms with E-state index in [-0.39, 0.29) is 0 Å². The van der Waals surface area contributed by atoms with E-state index >= 15 is 0 Å². The molecule has 0 aliphatic rings. The van der Waals surface area contributed by atoms with E-state index in [0.717, 1.165) is 22.5 Å². The molecule has 0 aliphatic heterocycles. The summed E-state index contributed by atoms with van der Waals surface area (Å²) < 4.78 is 1.11. The highest BCUT2D eigenvalue weighted by atomic mass is 79.9. The van der Waals surface area contributed by atoms with Gasteiger partial charge in [0.1, 0.15) is 5.82 Å². The second-order valence-electron chi connectivity index (χ2n) is 3.92. The Morgan fingerprint density at radius 1 is 1.44 bits per heavy atom. The Bertz CT molecular complexity index is 542. The lowest BCUT2D eigenvalue weighted by atomic mass is 10.4. The first-order chi connectivity index (χ1) is 8.58. The summed E-state index contributed by atoms with van der Waals surface area (Å²) in [6.07, 6.45) is 0. The van der Waals surface area contributed by atoms with Gasteiger partial charge in [0.05, 0.1) is 6.54 Å². The topological polar surface area (TPSA) is 67.1 Å². The number of hydrazine groups is 1. The van der Waals surface area contributed by atoms with Gasteiger partial charge in [-0.15, -0.1) is 11.3 Å². The van der Waals surface area contributed by atoms with Crippen molar-refractivity contribution in [2.24, 2.45) is 5.84 Å². The molecule has 18 heavy (non-hydrogen) atoms. The van der Waals surface area contributed by atoms with Crippen molar-refractivity contribution >= 4 is 39.0 Å². The number of nitrogens with one attached hydrogen (secondary N) is 1. The first-order valence-electron chi connectivity index (χ1n) is 5.35. The van der Waals surface area contributed by atoms with Crippen LogP contribution in [-0.4, -0.2) is 17.0 Å². The van der Waals surface area contributed by atoms with E-state index in [9.17, 15) is 0 Å². The molecular weight excluding hydrogens is 314 g/mol. The van der Waals surface area contributed by atoms with Gasteiger partial charge in [-0.2, -0.15) is 4.98 Å². The Balaban J connectivity index is 2.17. The van der Waals surface area contributed by atoms with E-state index in [2.05, 4.69) is 47.7 Å². The molecule has 3 N–H and O–H groups in total. The zero-order chi connectivity index (χ0) is 13.1. The molecule has 0 saturated carbocycles. The third-order valence-corrected chi connectivity index (χ3v) is 4.06. The Morgan fingerprint density at radius 3 is 2.83 bits per heavy atom. The fourth-order valence-corrected chi connectivity index (χ4v) is 3.07. The fourth-order valence-electron chi connectivity index (χ4n) is 1.56. The first kappa shape index (κ1) is 13.3. The van der Waals surface area contributed by atoms with Crippen molar-refractivity contribution in [3.8, 4) is 0 Å². The molecule has 0 aromatic carbocycles. The van der Waals surface area contributed by atoms with Crippen LogP contribution in [0.15, 0.2) is 22.0 Å². The minimum absolute atomic E-state index is 0.434. The monoisotopic (exact) mass is 327 g/mol. The number of nitrogen functional groups attached to an aromatic ring is 1. The minimum atomic E-state index is 0.434. The number of hydrogen-bond donors (Lipinski definition) is 2.